The molecule has 90 valence electrons. The number of nitrogens with zero attached hydrogens (tertiary/aromatic N) is 5. The lowest BCUT2D eigenvalue weighted by atomic mass is 10.4. The van der Waals surface area contributed by atoms with Crippen LogP contribution in [-0.4, -0.2) is 31.3 Å². The first-order chi connectivity index (χ1) is 8.16. The van der Waals surface area contributed by atoms with Gasteiger partial charge in [0, 0.05) is 20.0 Å². The van der Waals surface area contributed by atoms with E-state index < -0.39 is 0 Å². The molecule has 2 heterocycles. The van der Waals surface area contributed by atoms with Gasteiger partial charge in [0.25, 0.3) is 0 Å². The van der Waals surface area contributed by atoms with E-state index in [9.17, 15) is 0 Å². The first kappa shape index (κ1) is 11.6. The summed E-state index contributed by atoms with van der Waals surface area (Å²) in [6.45, 7) is 0.625. The third kappa shape index (κ3) is 2.82. The van der Waals surface area contributed by atoms with Crippen LogP contribution in [0.3, 0.4) is 0 Å². The Hall–Kier alpha value is -1.89. The minimum atomic E-state index is 0.264. The molecule has 8 heteroatoms. The average Bonchev–Trinajstić information content (AvgIpc) is 2.70. The van der Waals surface area contributed by atoms with E-state index in [1.165, 1.54) is 6.33 Å². The van der Waals surface area contributed by atoms with Gasteiger partial charge in [0.05, 0.1) is 0 Å². The molecule has 7 nitrogen and oxygen atoms in total. The van der Waals surface area contributed by atoms with Crippen LogP contribution in [0.4, 0.5) is 11.6 Å². The predicted molar refractivity (Wildman–Crippen MR) is 64.7 cm³/mol. The fraction of sp³-hybridized carbons (Fsp3) is 0.333. The van der Waals surface area contributed by atoms with Gasteiger partial charge in [-0.1, -0.05) is 11.6 Å². The Balaban J connectivity index is 1.92. The average molecular weight is 254 g/mol. The summed E-state index contributed by atoms with van der Waals surface area (Å²) in [5.41, 5.74) is 5.56. The summed E-state index contributed by atoms with van der Waals surface area (Å²) in [5.74, 6) is 1.55. The molecule has 0 fully saturated rings. The SMILES string of the molecule is Cn1cnc(CCNc2ncnc(N)c2Cl)n1. The zero-order chi connectivity index (χ0) is 12.3. The first-order valence-corrected chi connectivity index (χ1v) is 5.39. The molecule has 0 saturated carbocycles. The van der Waals surface area contributed by atoms with Gasteiger partial charge in [0.1, 0.15) is 29.3 Å². The van der Waals surface area contributed by atoms with Crippen molar-refractivity contribution in [1.29, 1.82) is 0 Å². The molecule has 0 radical (unpaired) electrons. The van der Waals surface area contributed by atoms with Crippen molar-refractivity contribution in [3.8, 4) is 0 Å². The molecular weight excluding hydrogens is 242 g/mol. The zero-order valence-corrected chi connectivity index (χ0v) is 10.0. The summed E-state index contributed by atoms with van der Waals surface area (Å²) in [4.78, 5) is 11.9. The van der Waals surface area contributed by atoms with Crippen LogP contribution in [0.25, 0.3) is 0 Å². The van der Waals surface area contributed by atoms with Gasteiger partial charge in [-0.2, -0.15) is 5.10 Å². The van der Waals surface area contributed by atoms with E-state index in [4.69, 9.17) is 17.3 Å². The van der Waals surface area contributed by atoms with E-state index in [0.717, 1.165) is 5.82 Å². The smallest absolute Gasteiger partial charge is 0.152 e. The fourth-order valence-electron chi connectivity index (χ4n) is 1.30. The molecule has 0 saturated heterocycles. The molecule has 2 aromatic heterocycles. The van der Waals surface area contributed by atoms with Crippen LogP contribution in [0.2, 0.25) is 5.02 Å². The van der Waals surface area contributed by atoms with E-state index in [0.29, 0.717) is 23.8 Å². The Bertz CT molecular complexity index is 510. The molecule has 0 spiro atoms. The quantitative estimate of drug-likeness (QED) is 0.824. The van der Waals surface area contributed by atoms with Crippen molar-refractivity contribution in [1.82, 2.24) is 24.7 Å². The largest absolute Gasteiger partial charge is 0.382 e. The van der Waals surface area contributed by atoms with E-state index in [2.05, 4.69) is 25.4 Å². The Morgan fingerprint density at radius 2 is 2.24 bits per heavy atom. The Morgan fingerprint density at radius 3 is 2.94 bits per heavy atom. The van der Waals surface area contributed by atoms with Gasteiger partial charge in [0.2, 0.25) is 0 Å². The molecule has 0 aliphatic carbocycles. The lowest BCUT2D eigenvalue weighted by molar-refractivity contribution is 0.741. The van der Waals surface area contributed by atoms with Crippen molar-refractivity contribution in [2.24, 2.45) is 7.05 Å². The topological polar surface area (TPSA) is 94.5 Å². The standard InChI is InChI=1S/C9H12ClN7/c1-17-5-15-6(16-17)2-3-12-9-7(10)8(11)13-4-14-9/h4-5H,2-3H2,1H3,(H3,11,12,13,14). The van der Waals surface area contributed by atoms with Gasteiger partial charge >= 0.3 is 0 Å². The molecule has 0 aromatic carbocycles. The van der Waals surface area contributed by atoms with Crippen LogP contribution in [0.1, 0.15) is 5.82 Å². The minimum absolute atomic E-state index is 0.264. The number of nitrogens with one attached hydrogen (secondary N) is 1. The highest BCUT2D eigenvalue weighted by molar-refractivity contribution is 6.35. The summed E-state index contributed by atoms with van der Waals surface area (Å²) in [6.07, 6.45) is 3.70. The van der Waals surface area contributed by atoms with Gasteiger partial charge in [-0.25, -0.2) is 15.0 Å². The second kappa shape index (κ2) is 4.96. The molecule has 0 atom stereocenters. The second-order valence-corrected chi connectivity index (χ2v) is 3.81. The van der Waals surface area contributed by atoms with E-state index in [1.807, 2.05) is 7.05 Å². The first-order valence-electron chi connectivity index (χ1n) is 5.01. The molecule has 0 aliphatic heterocycles. The van der Waals surface area contributed by atoms with Crippen LogP contribution in [0.5, 0.6) is 0 Å². The predicted octanol–water partition coefficient (Wildman–Crippen LogP) is 0.495. The lowest BCUT2D eigenvalue weighted by Gasteiger charge is -2.06. The zero-order valence-electron chi connectivity index (χ0n) is 9.26. The second-order valence-electron chi connectivity index (χ2n) is 3.43. The molecule has 2 aromatic rings. The molecule has 0 unspecified atom stereocenters. The highest BCUT2D eigenvalue weighted by Gasteiger charge is 2.06. The van der Waals surface area contributed by atoms with E-state index >= 15 is 0 Å². The highest BCUT2D eigenvalue weighted by Crippen LogP contribution is 2.22. The van der Waals surface area contributed by atoms with Crippen LogP contribution < -0.4 is 11.1 Å². The molecule has 17 heavy (non-hydrogen) atoms. The summed E-state index contributed by atoms with van der Waals surface area (Å²) >= 11 is 5.93. The molecule has 0 amide bonds. The summed E-state index contributed by atoms with van der Waals surface area (Å²) in [7, 11) is 1.83. The van der Waals surface area contributed by atoms with Crippen molar-refractivity contribution in [2.45, 2.75) is 6.42 Å². The minimum Gasteiger partial charge on any atom is -0.382 e. The maximum Gasteiger partial charge on any atom is 0.152 e. The third-order valence-corrected chi connectivity index (χ3v) is 2.48. The van der Waals surface area contributed by atoms with Crippen molar-refractivity contribution in [2.75, 3.05) is 17.6 Å². The third-order valence-electron chi connectivity index (χ3n) is 2.10. The van der Waals surface area contributed by atoms with E-state index in [1.54, 1.807) is 11.0 Å². The Kier molecular flexibility index (Phi) is 3.38. The number of halogens is 1. The van der Waals surface area contributed by atoms with Crippen molar-refractivity contribution >= 4 is 23.2 Å². The van der Waals surface area contributed by atoms with Gasteiger partial charge in [0.15, 0.2) is 5.82 Å². The van der Waals surface area contributed by atoms with Crippen LogP contribution >= 0.6 is 11.6 Å². The van der Waals surface area contributed by atoms with Gasteiger partial charge in [-0.3, -0.25) is 4.68 Å². The van der Waals surface area contributed by atoms with Crippen molar-refractivity contribution in [3.05, 3.63) is 23.5 Å². The maximum atomic E-state index is 5.93. The van der Waals surface area contributed by atoms with Crippen molar-refractivity contribution in [3.63, 3.8) is 0 Å². The summed E-state index contributed by atoms with van der Waals surface area (Å²) < 4.78 is 1.66. The number of hydrogen-bond acceptors (Lipinski definition) is 6. The monoisotopic (exact) mass is 253 g/mol. The van der Waals surface area contributed by atoms with Gasteiger partial charge in [-0.05, 0) is 0 Å². The molecule has 0 aliphatic rings. The number of nitrogens with two attached hydrogens (primary N) is 1. The Labute approximate surface area is 103 Å². The summed E-state index contributed by atoms with van der Waals surface area (Å²) in [6, 6.07) is 0. The van der Waals surface area contributed by atoms with Crippen LogP contribution in [0, 0.1) is 0 Å². The van der Waals surface area contributed by atoms with E-state index in [-0.39, 0.29) is 5.82 Å². The molecule has 0 bridgehead atoms. The van der Waals surface area contributed by atoms with Crippen LogP contribution in [0.15, 0.2) is 12.7 Å². The number of rotatable bonds is 4. The number of aryl methyl sites for hydroxylation is 1. The number of anilines is 2. The maximum absolute atomic E-state index is 5.93. The Morgan fingerprint density at radius 1 is 1.41 bits per heavy atom. The van der Waals surface area contributed by atoms with Crippen molar-refractivity contribution < 1.29 is 0 Å². The van der Waals surface area contributed by atoms with Gasteiger partial charge < -0.3 is 11.1 Å². The number of nitrogen functional groups attached to an aromatic ring is 1. The number of aromatic nitrogens is 5. The summed E-state index contributed by atoms with van der Waals surface area (Å²) in [5, 5.41) is 7.55. The molecular formula is C9H12ClN7. The fourth-order valence-corrected chi connectivity index (χ4v) is 1.46. The van der Waals surface area contributed by atoms with Crippen LogP contribution in [-0.2, 0) is 13.5 Å². The number of hydrogen-bond donors (Lipinski definition) is 2. The van der Waals surface area contributed by atoms with Gasteiger partial charge in [-0.15, -0.1) is 0 Å². The lowest BCUT2D eigenvalue weighted by Crippen LogP contribution is -2.09. The normalized spacial score (nSPS) is 10.5. The highest BCUT2D eigenvalue weighted by atomic mass is 35.5. The molecule has 3 N–H and O–H groups in total. The molecule has 2 rings (SSSR count).